The lowest BCUT2D eigenvalue weighted by molar-refractivity contribution is 0.557. The second-order valence-corrected chi connectivity index (χ2v) is 5.24. The molecule has 0 aliphatic rings. The fraction of sp³-hybridized carbons (Fsp3) is 0.778. The Labute approximate surface area is 116 Å². The van der Waals surface area contributed by atoms with Gasteiger partial charge < -0.3 is 0 Å². The number of hydrogen-bond donors (Lipinski definition) is 0. The van der Waals surface area contributed by atoms with Crippen molar-refractivity contribution in [2.75, 3.05) is 0 Å². The Morgan fingerprint density at radius 3 is 1.61 bits per heavy atom. The van der Waals surface area contributed by atoms with Crippen molar-refractivity contribution in [3.63, 3.8) is 0 Å². The third-order valence-corrected chi connectivity index (χ3v) is 3.34. The molecule has 0 unspecified atom stereocenters. The first-order valence-corrected chi connectivity index (χ1v) is 8.23. The lowest BCUT2D eigenvalue weighted by Gasteiger charge is -2.01. The summed E-state index contributed by atoms with van der Waals surface area (Å²) in [4.78, 5) is 0. The van der Waals surface area contributed by atoms with Crippen LogP contribution in [0.1, 0.15) is 90.9 Å². The van der Waals surface area contributed by atoms with Crippen LogP contribution in [0, 0.1) is 0 Å². The fourth-order valence-corrected chi connectivity index (χ4v) is 2.14. The molecule has 0 aromatic rings. The van der Waals surface area contributed by atoms with Gasteiger partial charge in [-0.05, 0) is 19.3 Å². The molecule has 0 aromatic carbocycles. The first-order chi connectivity index (χ1) is 8.91. The van der Waals surface area contributed by atoms with Gasteiger partial charge in [-0.2, -0.15) is 0 Å². The summed E-state index contributed by atoms with van der Waals surface area (Å²) in [7, 11) is 0. The van der Waals surface area contributed by atoms with Gasteiger partial charge in [0.2, 0.25) is 0 Å². The molecule has 0 fully saturated rings. The number of allylic oxidation sites excluding steroid dienone is 4. The van der Waals surface area contributed by atoms with E-state index in [1.807, 2.05) is 0 Å². The maximum Gasteiger partial charge on any atom is -0.0348 e. The van der Waals surface area contributed by atoms with E-state index in [1.54, 1.807) is 0 Å². The van der Waals surface area contributed by atoms with Crippen LogP contribution in [0.25, 0.3) is 0 Å². The minimum Gasteiger partial charge on any atom is -0.0848 e. The molecule has 0 spiro atoms. The minimum atomic E-state index is 1.14. The molecular formula is C18H34. The number of rotatable bonds is 13. The topological polar surface area (TPSA) is 0 Å². The van der Waals surface area contributed by atoms with Gasteiger partial charge >= 0.3 is 0 Å². The van der Waals surface area contributed by atoms with E-state index in [0.717, 1.165) is 6.42 Å². The summed E-state index contributed by atoms with van der Waals surface area (Å²) >= 11 is 0. The highest BCUT2D eigenvalue weighted by Gasteiger charge is 1.91. The minimum absolute atomic E-state index is 1.14. The van der Waals surface area contributed by atoms with Gasteiger partial charge in [-0.25, -0.2) is 0 Å². The van der Waals surface area contributed by atoms with Crippen LogP contribution in [0.2, 0.25) is 0 Å². The summed E-state index contributed by atoms with van der Waals surface area (Å²) in [5, 5.41) is 0. The standard InChI is InChI=1S/C18H34/c1-3-5-7-9-11-13-15-17-18-16-14-12-10-8-6-4-2/h5,7,9,11H,3-4,6,8,10,12-18H2,1-2H3/b7-5-,11-9+. The van der Waals surface area contributed by atoms with Crippen molar-refractivity contribution in [3.8, 4) is 0 Å². The van der Waals surface area contributed by atoms with Gasteiger partial charge in [-0.1, -0.05) is 95.9 Å². The van der Waals surface area contributed by atoms with Gasteiger partial charge in [0.15, 0.2) is 0 Å². The van der Waals surface area contributed by atoms with Crippen molar-refractivity contribution in [3.05, 3.63) is 24.3 Å². The van der Waals surface area contributed by atoms with E-state index in [2.05, 4.69) is 38.2 Å². The second-order valence-electron chi connectivity index (χ2n) is 5.24. The molecule has 18 heavy (non-hydrogen) atoms. The van der Waals surface area contributed by atoms with Crippen molar-refractivity contribution < 1.29 is 0 Å². The monoisotopic (exact) mass is 250 g/mol. The highest BCUT2D eigenvalue weighted by molar-refractivity contribution is 5.01. The SMILES string of the molecule is CC/C=C\C=C\CCCCCCCCCCCC. The molecule has 0 saturated carbocycles. The van der Waals surface area contributed by atoms with Gasteiger partial charge in [0.25, 0.3) is 0 Å². The Hall–Kier alpha value is -0.520. The van der Waals surface area contributed by atoms with E-state index in [1.165, 1.54) is 70.6 Å². The van der Waals surface area contributed by atoms with Gasteiger partial charge in [0.05, 0.1) is 0 Å². The third-order valence-electron chi connectivity index (χ3n) is 3.34. The highest BCUT2D eigenvalue weighted by atomic mass is 14.0. The summed E-state index contributed by atoms with van der Waals surface area (Å²) < 4.78 is 0. The molecule has 0 aliphatic carbocycles. The van der Waals surface area contributed by atoms with Crippen molar-refractivity contribution in [1.82, 2.24) is 0 Å². The molecule has 0 N–H and O–H groups in total. The van der Waals surface area contributed by atoms with E-state index >= 15 is 0 Å². The predicted octanol–water partition coefficient (Wildman–Crippen LogP) is 6.82. The van der Waals surface area contributed by atoms with E-state index in [-0.39, 0.29) is 0 Å². The van der Waals surface area contributed by atoms with Crippen LogP contribution in [-0.2, 0) is 0 Å². The smallest absolute Gasteiger partial charge is 0.0348 e. The molecule has 0 atom stereocenters. The molecule has 0 bridgehead atoms. The van der Waals surface area contributed by atoms with Crippen LogP contribution < -0.4 is 0 Å². The van der Waals surface area contributed by atoms with Crippen molar-refractivity contribution in [2.24, 2.45) is 0 Å². The van der Waals surface area contributed by atoms with Crippen LogP contribution in [0.15, 0.2) is 24.3 Å². The molecule has 0 amide bonds. The average Bonchev–Trinajstić information content (AvgIpc) is 2.39. The summed E-state index contributed by atoms with van der Waals surface area (Å²) in [6.45, 7) is 4.46. The summed E-state index contributed by atoms with van der Waals surface area (Å²) in [5.41, 5.74) is 0. The highest BCUT2D eigenvalue weighted by Crippen LogP contribution is 2.11. The van der Waals surface area contributed by atoms with Gasteiger partial charge in [0, 0.05) is 0 Å². The summed E-state index contributed by atoms with van der Waals surface area (Å²) in [6, 6.07) is 0. The lowest BCUT2D eigenvalue weighted by Crippen LogP contribution is -1.81. The molecule has 0 saturated heterocycles. The quantitative estimate of drug-likeness (QED) is 0.248. The maximum absolute atomic E-state index is 2.30. The molecule has 0 aromatic heterocycles. The molecule has 0 radical (unpaired) electrons. The van der Waals surface area contributed by atoms with E-state index in [4.69, 9.17) is 0 Å². The Kier molecular flexibility index (Phi) is 16.0. The second kappa shape index (κ2) is 16.5. The van der Waals surface area contributed by atoms with Gasteiger partial charge in [-0.15, -0.1) is 0 Å². The van der Waals surface area contributed by atoms with Gasteiger partial charge in [-0.3, -0.25) is 0 Å². The van der Waals surface area contributed by atoms with Crippen LogP contribution >= 0.6 is 0 Å². The van der Waals surface area contributed by atoms with Crippen LogP contribution in [0.5, 0.6) is 0 Å². The Bertz CT molecular complexity index is 188. The molecule has 106 valence electrons. The first kappa shape index (κ1) is 17.5. The van der Waals surface area contributed by atoms with Crippen LogP contribution in [0.3, 0.4) is 0 Å². The Morgan fingerprint density at radius 2 is 1.06 bits per heavy atom. The lowest BCUT2D eigenvalue weighted by atomic mass is 10.1. The molecule has 0 nitrogen and oxygen atoms in total. The zero-order valence-corrected chi connectivity index (χ0v) is 12.8. The van der Waals surface area contributed by atoms with E-state index in [0.29, 0.717) is 0 Å². The van der Waals surface area contributed by atoms with E-state index < -0.39 is 0 Å². The molecule has 0 heterocycles. The van der Waals surface area contributed by atoms with Crippen molar-refractivity contribution in [2.45, 2.75) is 90.9 Å². The van der Waals surface area contributed by atoms with E-state index in [9.17, 15) is 0 Å². The largest absolute Gasteiger partial charge is 0.0848 e. The van der Waals surface area contributed by atoms with Gasteiger partial charge in [0.1, 0.15) is 0 Å². The zero-order valence-electron chi connectivity index (χ0n) is 12.8. The molecule has 0 heteroatoms. The molecule has 0 rings (SSSR count). The van der Waals surface area contributed by atoms with Crippen LogP contribution in [-0.4, -0.2) is 0 Å². The summed E-state index contributed by atoms with van der Waals surface area (Å²) in [5.74, 6) is 0. The summed E-state index contributed by atoms with van der Waals surface area (Å²) in [6.07, 6.45) is 25.5. The molecular weight excluding hydrogens is 216 g/mol. The third kappa shape index (κ3) is 15.5. The number of hydrogen-bond acceptors (Lipinski definition) is 0. The Morgan fingerprint density at radius 1 is 0.556 bits per heavy atom. The fourth-order valence-electron chi connectivity index (χ4n) is 2.14. The zero-order chi connectivity index (χ0) is 13.3. The Balaban J connectivity index is 3.03. The number of unbranched alkanes of at least 4 members (excludes halogenated alkanes) is 10. The normalized spacial score (nSPS) is 11.9. The predicted molar refractivity (Wildman–Crippen MR) is 85.0 cm³/mol. The van der Waals surface area contributed by atoms with Crippen LogP contribution in [0.4, 0.5) is 0 Å². The van der Waals surface area contributed by atoms with Crippen molar-refractivity contribution in [1.29, 1.82) is 0 Å². The first-order valence-electron chi connectivity index (χ1n) is 8.23. The van der Waals surface area contributed by atoms with Crippen molar-refractivity contribution >= 4 is 0 Å². The maximum atomic E-state index is 2.30. The molecule has 0 aliphatic heterocycles. The average molecular weight is 250 g/mol.